The molecule has 4 heteroatoms. The molecular weight excluding hydrogens is 342 g/mol. The summed E-state index contributed by atoms with van der Waals surface area (Å²) < 4.78 is 0. The molecule has 0 aromatic heterocycles. The minimum atomic E-state index is 0.752. The fourth-order valence-electron chi connectivity index (χ4n) is 3.61. The van der Waals surface area contributed by atoms with Crippen molar-refractivity contribution in [3.8, 4) is 0 Å². The number of fused-ring (bicyclic) bond motifs is 1. The van der Waals surface area contributed by atoms with Gasteiger partial charge in [-0.3, -0.25) is 0 Å². The summed E-state index contributed by atoms with van der Waals surface area (Å²) in [6.45, 7) is 7.82. The Morgan fingerprint density at radius 1 is 0.885 bits per heavy atom. The smallest absolute Gasteiger partial charge is 0.0447 e. The lowest BCUT2D eigenvalue weighted by molar-refractivity contribution is 0.271. The zero-order valence-corrected chi connectivity index (χ0v) is 15.8. The quantitative estimate of drug-likeness (QED) is 0.669. The highest BCUT2D eigenvalue weighted by atomic mass is 35.5. The van der Waals surface area contributed by atoms with Crippen molar-refractivity contribution in [3.63, 3.8) is 0 Å². The average Bonchev–Trinajstić information content (AvgIpc) is 2.69. The minimum absolute atomic E-state index is 0.752. The highest BCUT2D eigenvalue weighted by molar-refractivity contribution is 6.30. The highest BCUT2D eigenvalue weighted by Gasteiger charge is 2.17. The molecule has 1 aliphatic heterocycles. The van der Waals surface area contributed by atoms with Gasteiger partial charge in [-0.1, -0.05) is 36.7 Å². The van der Waals surface area contributed by atoms with Crippen molar-refractivity contribution in [1.82, 2.24) is 4.90 Å². The van der Waals surface area contributed by atoms with Crippen LogP contribution in [-0.2, 0) is 0 Å². The van der Waals surface area contributed by atoms with Crippen LogP contribution in [0.5, 0.6) is 0 Å². The molecule has 26 heavy (non-hydrogen) atoms. The normalized spacial score (nSPS) is 15.4. The second-order valence-electron chi connectivity index (χ2n) is 6.77. The Labute approximate surface area is 160 Å². The lowest BCUT2D eigenvalue weighted by atomic mass is 10.1. The minimum Gasteiger partial charge on any atom is -0.368 e. The highest BCUT2D eigenvalue weighted by Crippen LogP contribution is 2.31. The number of halogens is 1. The van der Waals surface area contributed by atoms with Crippen LogP contribution in [0.1, 0.15) is 6.92 Å². The predicted molar refractivity (Wildman–Crippen MR) is 113 cm³/mol. The largest absolute Gasteiger partial charge is 0.368 e. The summed E-state index contributed by atoms with van der Waals surface area (Å²) in [6, 6.07) is 21.0. The van der Waals surface area contributed by atoms with E-state index in [0.29, 0.717) is 0 Å². The molecule has 4 rings (SSSR count). The zero-order valence-electron chi connectivity index (χ0n) is 15.1. The second kappa shape index (κ2) is 7.56. The van der Waals surface area contributed by atoms with Crippen LogP contribution < -0.4 is 10.2 Å². The number of hydrogen-bond donors (Lipinski definition) is 1. The third kappa shape index (κ3) is 3.64. The lowest BCUT2D eigenvalue weighted by Crippen LogP contribution is -2.46. The molecule has 0 unspecified atom stereocenters. The van der Waals surface area contributed by atoms with Gasteiger partial charge in [-0.25, -0.2) is 0 Å². The van der Waals surface area contributed by atoms with E-state index < -0.39 is 0 Å². The molecule has 3 nitrogen and oxygen atoms in total. The van der Waals surface area contributed by atoms with Crippen molar-refractivity contribution in [2.45, 2.75) is 6.92 Å². The number of likely N-dealkylation sites (N-methyl/N-ethyl adjacent to an activating group) is 1. The van der Waals surface area contributed by atoms with Gasteiger partial charge in [-0.05, 0) is 54.4 Å². The van der Waals surface area contributed by atoms with E-state index in [1.54, 1.807) is 0 Å². The fourth-order valence-corrected chi connectivity index (χ4v) is 3.74. The van der Waals surface area contributed by atoms with Crippen LogP contribution in [0, 0.1) is 0 Å². The Morgan fingerprint density at radius 2 is 1.62 bits per heavy atom. The van der Waals surface area contributed by atoms with E-state index in [1.807, 2.05) is 24.3 Å². The summed E-state index contributed by atoms with van der Waals surface area (Å²) in [4.78, 5) is 5.02. The maximum absolute atomic E-state index is 5.98. The van der Waals surface area contributed by atoms with Crippen molar-refractivity contribution in [3.05, 3.63) is 65.7 Å². The molecule has 0 atom stereocenters. The van der Waals surface area contributed by atoms with Crippen LogP contribution in [0.15, 0.2) is 60.7 Å². The monoisotopic (exact) mass is 365 g/mol. The Morgan fingerprint density at radius 3 is 2.35 bits per heavy atom. The molecule has 0 radical (unpaired) electrons. The summed E-state index contributed by atoms with van der Waals surface area (Å²) in [6.07, 6.45) is 0. The Bertz CT molecular complexity index is 884. The van der Waals surface area contributed by atoms with E-state index in [0.717, 1.165) is 49.1 Å². The lowest BCUT2D eigenvalue weighted by Gasteiger charge is -2.36. The Hall–Kier alpha value is -2.23. The molecule has 3 aromatic rings. The first-order valence-electron chi connectivity index (χ1n) is 9.25. The van der Waals surface area contributed by atoms with Crippen molar-refractivity contribution in [1.29, 1.82) is 0 Å². The first-order chi connectivity index (χ1) is 12.7. The molecule has 0 saturated carbocycles. The summed E-state index contributed by atoms with van der Waals surface area (Å²) in [5.74, 6) is 0. The average molecular weight is 366 g/mol. The van der Waals surface area contributed by atoms with Gasteiger partial charge in [0.25, 0.3) is 0 Å². The van der Waals surface area contributed by atoms with Crippen molar-refractivity contribution >= 4 is 39.4 Å². The van der Waals surface area contributed by atoms with Crippen LogP contribution in [0.4, 0.5) is 17.1 Å². The molecule has 134 valence electrons. The number of rotatable bonds is 4. The molecule has 1 aliphatic rings. The van der Waals surface area contributed by atoms with E-state index in [4.69, 9.17) is 11.6 Å². The maximum Gasteiger partial charge on any atom is 0.0447 e. The van der Waals surface area contributed by atoms with Gasteiger partial charge in [-0.15, -0.1) is 0 Å². The topological polar surface area (TPSA) is 18.5 Å². The van der Waals surface area contributed by atoms with Crippen LogP contribution in [0.2, 0.25) is 5.02 Å². The zero-order chi connectivity index (χ0) is 17.9. The summed E-state index contributed by atoms with van der Waals surface area (Å²) in [7, 11) is 0. The van der Waals surface area contributed by atoms with Gasteiger partial charge in [0.2, 0.25) is 0 Å². The first kappa shape index (κ1) is 17.2. The number of piperazine rings is 1. The van der Waals surface area contributed by atoms with Gasteiger partial charge >= 0.3 is 0 Å². The van der Waals surface area contributed by atoms with E-state index in [-0.39, 0.29) is 0 Å². The molecule has 1 N–H and O–H groups in total. The van der Waals surface area contributed by atoms with Gasteiger partial charge in [0.15, 0.2) is 0 Å². The fraction of sp³-hybridized carbons (Fsp3) is 0.273. The van der Waals surface area contributed by atoms with Crippen molar-refractivity contribution in [2.24, 2.45) is 0 Å². The van der Waals surface area contributed by atoms with E-state index in [2.05, 4.69) is 58.4 Å². The summed E-state index contributed by atoms with van der Waals surface area (Å²) >= 11 is 5.98. The molecule has 1 fully saturated rings. The van der Waals surface area contributed by atoms with E-state index in [9.17, 15) is 0 Å². The Kier molecular flexibility index (Phi) is 5.00. The van der Waals surface area contributed by atoms with Gasteiger partial charge < -0.3 is 15.1 Å². The number of nitrogens with zero attached hydrogens (tertiary/aromatic N) is 2. The number of anilines is 3. The van der Waals surface area contributed by atoms with Gasteiger partial charge in [0.1, 0.15) is 0 Å². The predicted octanol–water partition coefficient (Wildman–Crippen LogP) is 5.38. The van der Waals surface area contributed by atoms with Crippen molar-refractivity contribution < 1.29 is 0 Å². The molecular formula is C22H24ClN3. The maximum atomic E-state index is 5.98. The van der Waals surface area contributed by atoms with Gasteiger partial charge in [-0.2, -0.15) is 0 Å². The third-order valence-electron chi connectivity index (χ3n) is 5.15. The molecule has 1 heterocycles. The van der Waals surface area contributed by atoms with Crippen molar-refractivity contribution in [2.75, 3.05) is 42.9 Å². The molecule has 0 bridgehead atoms. The van der Waals surface area contributed by atoms with Gasteiger partial charge in [0.05, 0.1) is 0 Å². The second-order valence-corrected chi connectivity index (χ2v) is 7.20. The molecule has 0 spiro atoms. The Balaban J connectivity index is 1.63. The van der Waals surface area contributed by atoms with E-state index >= 15 is 0 Å². The third-order valence-corrected chi connectivity index (χ3v) is 5.40. The molecule has 0 amide bonds. The summed E-state index contributed by atoms with van der Waals surface area (Å²) in [5, 5.41) is 6.82. The SMILES string of the molecule is CCN1CCN(c2cccc3ccc(Nc4ccc(Cl)cc4)cc23)CC1. The van der Waals surface area contributed by atoms with Crippen LogP contribution in [-0.4, -0.2) is 37.6 Å². The van der Waals surface area contributed by atoms with E-state index in [1.165, 1.54) is 16.5 Å². The van der Waals surface area contributed by atoms with Gasteiger partial charge in [0, 0.05) is 53.7 Å². The number of nitrogens with one attached hydrogen (secondary N) is 1. The molecule has 1 saturated heterocycles. The summed E-state index contributed by atoms with van der Waals surface area (Å²) in [5.41, 5.74) is 3.47. The molecule has 0 aliphatic carbocycles. The van der Waals surface area contributed by atoms with Crippen LogP contribution >= 0.6 is 11.6 Å². The van der Waals surface area contributed by atoms with Crippen LogP contribution in [0.25, 0.3) is 10.8 Å². The number of benzene rings is 3. The number of hydrogen-bond acceptors (Lipinski definition) is 3. The van der Waals surface area contributed by atoms with Crippen LogP contribution in [0.3, 0.4) is 0 Å². The molecule has 3 aromatic carbocycles. The first-order valence-corrected chi connectivity index (χ1v) is 9.63. The standard InChI is InChI=1S/C22H24ClN3/c1-2-25-12-14-26(15-13-25)22-5-3-4-17-6-9-20(16-21(17)22)24-19-10-7-18(23)8-11-19/h3-11,16,24H,2,12-15H2,1H3.